The van der Waals surface area contributed by atoms with Gasteiger partial charge in [0.1, 0.15) is 12.1 Å². The number of hydrogen-bond acceptors (Lipinski definition) is 5. The predicted octanol–water partition coefficient (Wildman–Crippen LogP) is 4.61. The highest BCUT2D eigenvalue weighted by Crippen LogP contribution is 2.32. The lowest BCUT2D eigenvalue weighted by Gasteiger charge is -2.13. The van der Waals surface area contributed by atoms with E-state index in [9.17, 15) is 22.8 Å². The first-order valence-electron chi connectivity index (χ1n) is 10.1. The fourth-order valence-corrected chi connectivity index (χ4v) is 3.50. The van der Waals surface area contributed by atoms with Crippen molar-refractivity contribution in [3.05, 3.63) is 95.3 Å². The topological polar surface area (TPSA) is 110 Å². The zero-order chi connectivity index (χ0) is 24.3. The minimum atomic E-state index is -4.64. The maximum atomic E-state index is 13.2. The summed E-state index contributed by atoms with van der Waals surface area (Å²) in [5.74, 6) is -0.994. The van der Waals surface area contributed by atoms with Crippen LogP contribution in [0.15, 0.2) is 73.1 Å². The van der Waals surface area contributed by atoms with Crippen molar-refractivity contribution in [3.63, 3.8) is 0 Å². The highest BCUT2D eigenvalue weighted by atomic mass is 19.4. The molecule has 0 fully saturated rings. The number of nitrogens with two attached hydrogens (primary N) is 1. The molecule has 1 heterocycles. The number of fused-ring (bicyclic) bond motifs is 1. The number of primary amides is 1. The molecule has 2 amide bonds. The van der Waals surface area contributed by atoms with Crippen LogP contribution in [0.5, 0.6) is 0 Å². The van der Waals surface area contributed by atoms with Crippen molar-refractivity contribution < 1.29 is 22.8 Å². The summed E-state index contributed by atoms with van der Waals surface area (Å²) in [6, 6.07) is 16.3. The number of benzene rings is 3. The van der Waals surface area contributed by atoms with Gasteiger partial charge < -0.3 is 16.4 Å². The van der Waals surface area contributed by atoms with Crippen molar-refractivity contribution in [2.24, 2.45) is 5.73 Å². The van der Waals surface area contributed by atoms with Gasteiger partial charge in [-0.2, -0.15) is 13.2 Å². The van der Waals surface area contributed by atoms with Gasteiger partial charge in [0.05, 0.1) is 22.2 Å². The number of nitrogens with zero attached hydrogens (tertiary/aromatic N) is 2. The number of alkyl halides is 3. The molecule has 0 spiro atoms. The number of hydrogen-bond donors (Lipinski definition) is 3. The summed E-state index contributed by atoms with van der Waals surface area (Å²) in [6.45, 7) is 0.287. The van der Waals surface area contributed by atoms with E-state index in [4.69, 9.17) is 5.73 Å². The van der Waals surface area contributed by atoms with E-state index in [0.29, 0.717) is 22.4 Å². The summed E-state index contributed by atoms with van der Waals surface area (Å²) in [4.78, 5) is 32.5. The van der Waals surface area contributed by atoms with Crippen LogP contribution >= 0.6 is 0 Å². The molecule has 1 aromatic heterocycles. The summed E-state index contributed by atoms with van der Waals surface area (Å²) in [5.41, 5.74) is 5.70. The Morgan fingerprint density at radius 3 is 2.41 bits per heavy atom. The number of carbonyl (C=O) groups excluding carboxylic acids is 2. The van der Waals surface area contributed by atoms with E-state index in [2.05, 4.69) is 20.6 Å². The van der Waals surface area contributed by atoms with E-state index < -0.39 is 29.1 Å². The van der Waals surface area contributed by atoms with E-state index in [1.165, 1.54) is 18.5 Å². The van der Waals surface area contributed by atoms with Gasteiger partial charge in [0.15, 0.2) is 0 Å². The zero-order valence-corrected chi connectivity index (χ0v) is 17.6. The van der Waals surface area contributed by atoms with Crippen LogP contribution in [0.25, 0.3) is 10.9 Å². The second-order valence-corrected chi connectivity index (χ2v) is 7.34. The molecule has 0 aliphatic rings. The second kappa shape index (κ2) is 9.18. The van der Waals surface area contributed by atoms with Gasteiger partial charge >= 0.3 is 6.18 Å². The van der Waals surface area contributed by atoms with Crippen LogP contribution in [0.1, 0.15) is 31.8 Å². The molecule has 10 heteroatoms. The standard InChI is InChI=1S/C24H18F3N5O2/c25-24(26,27)19-10-2-1-7-16(19)23(34)32-15-6-3-5-14(11-15)12-29-22-18-9-4-8-17(21(28)33)20(18)30-13-31-22/h1-11,13H,12H2,(H2,28,33)(H,32,34)(H,29,30,31). The van der Waals surface area contributed by atoms with Crippen molar-refractivity contribution >= 4 is 34.2 Å². The third-order valence-corrected chi connectivity index (χ3v) is 5.05. The molecule has 172 valence electrons. The average molecular weight is 465 g/mol. The number of anilines is 2. The minimum absolute atomic E-state index is 0.270. The van der Waals surface area contributed by atoms with Crippen LogP contribution in [0.2, 0.25) is 0 Å². The minimum Gasteiger partial charge on any atom is -0.366 e. The number of rotatable bonds is 6. The normalized spacial score (nSPS) is 11.3. The van der Waals surface area contributed by atoms with Gasteiger partial charge in [0.25, 0.3) is 11.8 Å². The van der Waals surface area contributed by atoms with Gasteiger partial charge in [-0.15, -0.1) is 0 Å². The van der Waals surface area contributed by atoms with E-state index in [1.54, 1.807) is 42.5 Å². The first-order valence-corrected chi connectivity index (χ1v) is 10.1. The van der Waals surface area contributed by atoms with Gasteiger partial charge in [-0.1, -0.05) is 30.3 Å². The van der Waals surface area contributed by atoms with Gasteiger partial charge in [0.2, 0.25) is 0 Å². The zero-order valence-electron chi connectivity index (χ0n) is 17.6. The van der Waals surface area contributed by atoms with Crippen LogP contribution in [-0.4, -0.2) is 21.8 Å². The molecule has 0 aliphatic heterocycles. The molecule has 3 aromatic carbocycles. The van der Waals surface area contributed by atoms with Crippen LogP contribution in [0.3, 0.4) is 0 Å². The summed E-state index contributed by atoms with van der Waals surface area (Å²) in [6.07, 6.45) is -3.33. The van der Waals surface area contributed by atoms with E-state index in [0.717, 1.165) is 17.7 Å². The maximum absolute atomic E-state index is 13.2. The Morgan fingerprint density at radius 1 is 0.912 bits per heavy atom. The highest BCUT2D eigenvalue weighted by Gasteiger charge is 2.34. The molecule has 7 nitrogen and oxygen atoms in total. The molecule has 0 saturated heterocycles. The average Bonchev–Trinajstić information content (AvgIpc) is 2.82. The lowest BCUT2D eigenvalue weighted by Crippen LogP contribution is -2.18. The monoisotopic (exact) mass is 465 g/mol. The smallest absolute Gasteiger partial charge is 0.366 e. The Morgan fingerprint density at radius 2 is 1.65 bits per heavy atom. The molecule has 0 atom stereocenters. The summed E-state index contributed by atoms with van der Waals surface area (Å²) < 4.78 is 39.7. The lowest BCUT2D eigenvalue weighted by atomic mass is 10.1. The van der Waals surface area contributed by atoms with Crippen LogP contribution < -0.4 is 16.4 Å². The van der Waals surface area contributed by atoms with E-state index in [1.807, 2.05) is 0 Å². The van der Waals surface area contributed by atoms with Crippen molar-refractivity contribution in [3.8, 4) is 0 Å². The molecule has 0 saturated carbocycles. The summed E-state index contributed by atoms with van der Waals surface area (Å²) in [5, 5.41) is 6.27. The predicted molar refractivity (Wildman–Crippen MR) is 121 cm³/mol. The molecular formula is C24H18F3N5O2. The molecule has 0 unspecified atom stereocenters. The molecular weight excluding hydrogens is 447 g/mol. The number of aromatic nitrogens is 2. The Balaban J connectivity index is 1.52. The quantitative estimate of drug-likeness (QED) is 0.385. The largest absolute Gasteiger partial charge is 0.417 e. The Bertz CT molecular complexity index is 1390. The molecule has 4 rings (SSSR count). The number of amides is 2. The molecule has 4 N–H and O–H groups in total. The van der Waals surface area contributed by atoms with Crippen molar-refractivity contribution in [1.82, 2.24) is 9.97 Å². The van der Waals surface area contributed by atoms with Gasteiger partial charge in [-0.25, -0.2) is 9.97 Å². The van der Waals surface area contributed by atoms with Crippen molar-refractivity contribution in [1.29, 1.82) is 0 Å². The fraction of sp³-hybridized carbons (Fsp3) is 0.0833. The number of carbonyl (C=O) groups is 2. The van der Waals surface area contributed by atoms with Crippen LogP contribution in [0.4, 0.5) is 24.7 Å². The first kappa shape index (κ1) is 22.7. The Labute approximate surface area is 191 Å². The second-order valence-electron chi connectivity index (χ2n) is 7.34. The summed E-state index contributed by atoms with van der Waals surface area (Å²) >= 11 is 0. The Hall–Kier alpha value is -4.47. The maximum Gasteiger partial charge on any atom is 0.417 e. The lowest BCUT2D eigenvalue weighted by molar-refractivity contribution is -0.137. The molecule has 4 aromatic rings. The summed E-state index contributed by atoms with van der Waals surface area (Å²) in [7, 11) is 0. The molecule has 0 bridgehead atoms. The van der Waals surface area contributed by atoms with Crippen molar-refractivity contribution in [2.45, 2.75) is 12.7 Å². The molecule has 0 aliphatic carbocycles. The number of para-hydroxylation sites is 1. The van der Waals surface area contributed by atoms with E-state index >= 15 is 0 Å². The Kier molecular flexibility index (Phi) is 6.13. The molecule has 34 heavy (non-hydrogen) atoms. The van der Waals surface area contributed by atoms with Crippen molar-refractivity contribution in [2.75, 3.05) is 10.6 Å². The van der Waals surface area contributed by atoms with Gasteiger partial charge in [-0.05, 0) is 42.0 Å². The fourth-order valence-electron chi connectivity index (χ4n) is 3.50. The van der Waals surface area contributed by atoms with Gasteiger partial charge in [0, 0.05) is 17.6 Å². The van der Waals surface area contributed by atoms with E-state index in [-0.39, 0.29) is 12.1 Å². The number of nitrogens with one attached hydrogen (secondary N) is 2. The van der Waals surface area contributed by atoms with Gasteiger partial charge in [-0.3, -0.25) is 9.59 Å². The van der Waals surface area contributed by atoms with Crippen LogP contribution in [0, 0.1) is 0 Å². The number of halogens is 3. The highest BCUT2D eigenvalue weighted by molar-refractivity contribution is 6.07. The molecule has 0 radical (unpaired) electrons. The SMILES string of the molecule is NC(=O)c1cccc2c(NCc3cccc(NC(=O)c4ccccc4C(F)(F)F)c3)ncnc12. The first-order chi connectivity index (χ1) is 16.2. The third kappa shape index (κ3) is 4.80. The third-order valence-electron chi connectivity index (χ3n) is 5.05. The van der Waals surface area contributed by atoms with Crippen LogP contribution in [-0.2, 0) is 12.7 Å².